The van der Waals surface area contributed by atoms with E-state index in [1.54, 1.807) is 4.90 Å². The van der Waals surface area contributed by atoms with Crippen molar-refractivity contribution in [3.8, 4) is 11.1 Å². The molecular weight excluding hydrogens is 298 g/mol. The molecule has 0 N–H and O–H groups in total. The molecule has 1 aliphatic carbocycles. The molecule has 126 valence electrons. The van der Waals surface area contributed by atoms with Crippen molar-refractivity contribution in [2.24, 2.45) is 0 Å². The number of hydrogen-bond donors (Lipinski definition) is 0. The minimum Gasteiger partial charge on any atom is -0.448 e. The Labute approximate surface area is 144 Å². The highest BCUT2D eigenvalue weighted by Crippen LogP contribution is 2.44. The Balaban J connectivity index is 1.82. The summed E-state index contributed by atoms with van der Waals surface area (Å²) in [7, 11) is 0. The van der Waals surface area contributed by atoms with E-state index in [9.17, 15) is 4.79 Å². The fourth-order valence-electron chi connectivity index (χ4n) is 3.69. The predicted molar refractivity (Wildman–Crippen MR) is 97.2 cm³/mol. The van der Waals surface area contributed by atoms with Crippen LogP contribution in [0.15, 0.2) is 48.5 Å². The molecule has 0 aliphatic heterocycles. The van der Waals surface area contributed by atoms with Gasteiger partial charge in [-0.2, -0.15) is 0 Å². The van der Waals surface area contributed by atoms with Crippen molar-refractivity contribution >= 4 is 6.09 Å². The van der Waals surface area contributed by atoms with Crippen molar-refractivity contribution in [1.82, 2.24) is 4.90 Å². The Bertz CT molecular complexity index is 683. The van der Waals surface area contributed by atoms with E-state index in [0.29, 0.717) is 6.61 Å². The van der Waals surface area contributed by atoms with Crippen LogP contribution in [-0.4, -0.2) is 29.7 Å². The summed E-state index contributed by atoms with van der Waals surface area (Å²) >= 11 is 0. The first-order valence-corrected chi connectivity index (χ1v) is 8.64. The summed E-state index contributed by atoms with van der Waals surface area (Å²) < 4.78 is 5.71. The van der Waals surface area contributed by atoms with Crippen LogP contribution in [0.5, 0.6) is 0 Å². The van der Waals surface area contributed by atoms with E-state index >= 15 is 0 Å². The summed E-state index contributed by atoms with van der Waals surface area (Å²) in [6.45, 7) is 8.44. The maximum absolute atomic E-state index is 12.5. The Kier molecular flexibility index (Phi) is 4.61. The van der Waals surface area contributed by atoms with Gasteiger partial charge in [-0.25, -0.2) is 4.79 Å². The van der Waals surface area contributed by atoms with Gasteiger partial charge in [0.15, 0.2) is 0 Å². The highest BCUT2D eigenvalue weighted by atomic mass is 16.6. The zero-order valence-corrected chi connectivity index (χ0v) is 14.8. The van der Waals surface area contributed by atoms with E-state index in [2.05, 4.69) is 36.4 Å². The summed E-state index contributed by atoms with van der Waals surface area (Å²) in [5, 5.41) is 0. The smallest absolute Gasteiger partial charge is 0.410 e. The Morgan fingerprint density at radius 3 is 1.83 bits per heavy atom. The number of benzene rings is 2. The molecule has 0 fully saturated rings. The standard InChI is InChI=1S/C21H25NO2/c1-14(2)22(15(3)4)21(23)24-13-20-18-11-7-5-9-16(18)17-10-6-8-12-19(17)20/h5-12,14-15,20H,13H2,1-4H3. The number of nitrogens with zero attached hydrogens (tertiary/aromatic N) is 1. The number of carbonyl (C=O) groups is 1. The molecule has 2 aromatic carbocycles. The molecule has 0 atom stereocenters. The maximum atomic E-state index is 12.5. The summed E-state index contributed by atoms with van der Waals surface area (Å²) in [5.74, 6) is 0.113. The van der Waals surface area contributed by atoms with Gasteiger partial charge >= 0.3 is 6.09 Å². The van der Waals surface area contributed by atoms with Crippen molar-refractivity contribution in [2.45, 2.75) is 45.7 Å². The number of hydrogen-bond acceptors (Lipinski definition) is 2. The lowest BCUT2D eigenvalue weighted by atomic mass is 9.98. The van der Waals surface area contributed by atoms with Crippen molar-refractivity contribution in [2.75, 3.05) is 6.61 Å². The molecule has 1 amide bonds. The molecule has 1 aliphatic rings. The van der Waals surface area contributed by atoms with Crippen LogP contribution in [0, 0.1) is 0 Å². The quantitative estimate of drug-likeness (QED) is 0.787. The lowest BCUT2D eigenvalue weighted by molar-refractivity contribution is 0.0771. The summed E-state index contributed by atoms with van der Waals surface area (Å²) in [5.41, 5.74) is 4.98. The van der Waals surface area contributed by atoms with Gasteiger partial charge in [0.2, 0.25) is 0 Å². The zero-order chi connectivity index (χ0) is 17.3. The predicted octanol–water partition coefficient (Wildman–Crippen LogP) is 5.05. The van der Waals surface area contributed by atoms with Crippen molar-refractivity contribution in [3.63, 3.8) is 0 Å². The molecule has 0 spiro atoms. The molecule has 3 rings (SSSR count). The maximum Gasteiger partial charge on any atom is 0.410 e. The normalized spacial score (nSPS) is 13.1. The average molecular weight is 323 g/mol. The number of fused-ring (bicyclic) bond motifs is 3. The van der Waals surface area contributed by atoms with Gasteiger partial charge in [-0.3, -0.25) is 0 Å². The topological polar surface area (TPSA) is 29.5 Å². The van der Waals surface area contributed by atoms with E-state index in [1.165, 1.54) is 22.3 Å². The van der Waals surface area contributed by atoms with Crippen LogP contribution in [-0.2, 0) is 4.74 Å². The minimum atomic E-state index is -0.234. The third-order valence-electron chi connectivity index (χ3n) is 4.66. The van der Waals surface area contributed by atoms with E-state index in [-0.39, 0.29) is 24.1 Å². The second kappa shape index (κ2) is 6.68. The van der Waals surface area contributed by atoms with Gasteiger partial charge in [-0.1, -0.05) is 48.5 Å². The van der Waals surface area contributed by atoms with Crippen LogP contribution in [0.2, 0.25) is 0 Å². The highest BCUT2D eigenvalue weighted by molar-refractivity contribution is 5.79. The molecule has 3 nitrogen and oxygen atoms in total. The van der Waals surface area contributed by atoms with Gasteiger partial charge in [0.05, 0.1) is 0 Å². The SMILES string of the molecule is CC(C)N(C(=O)OCC1c2ccccc2-c2ccccc21)C(C)C. The molecule has 2 aromatic rings. The number of carbonyl (C=O) groups excluding carboxylic acids is 1. The molecule has 0 bridgehead atoms. The molecule has 24 heavy (non-hydrogen) atoms. The van der Waals surface area contributed by atoms with Gasteiger partial charge in [-0.15, -0.1) is 0 Å². The number of rotatable bonds is 4. The summed E-state index contributed by atoms with van der Waals surface area (Å²) in [4.78, 5) is 14.3. The largest absolute Gasteiger partial charge is 0.448 e. The zero-order valence-electron chi connectivity index (χ0n) is 14.8. The highest BCUT2D eigenvalue weighted by Gasteiger charge is 2.30. The second-order valence-corrected chi connectivity index (χ2v) is 6.90. The average Bonchev–Trinajstić information content (AvgIpc) is 2.86. The Morgan fingerprint density at radius 2 is 1.38 bits per heavy atom. The first-order chi connectivity index (χ1) is 11.5. The van der Waals surface area contributed by atoms with Crippen LogP contribution >= 0.6 is 0 Å². The third kappa shape index (κ3) is 2.91. The van der Waals surface area contributed by atoms with E-state index in [0.717, 1.165) is 0 Å². The molecule has 0 saturated carbocycles. The second-order valence-electron chi connectivity index (χ2n) is 6.90. The Morgan fingerprint density at radius 1 is 0.917 bits per heavy atom. The molecular formula is C21H25NO2. The van der Waals surface area contributed by atoms with Crippen molar-refractivity contribution in [3.05, 3.63) is 59.7 Å². The van der Waals surface area contributed by atoms with Gasteiger partial charge in [0.1, 0.15) is 6.61 Å². The molecule has 0 aromatic heterocycles. The first-order valence-electron chi connectivity index (χ1n) is 8.64. The van der Waals surface area contributed by atoms with Gasteiger partial charge in [0, 0.05) is 18.0 Å². The Hall–Kier alpha value is -2.29. The molecule has 0 saturated heterocycles. The number of ether oxygens (including phenoxy) is 1. The van der Waals surface area contributed by atoms with Gasteiger partial charge < -0.3 is 9.64 Å². The lowest BCUT2D eigenvalue weighted by Gasteiger charge is -2.30. The first kappa shape index (κ1) is 16.6. The van der Waals surface area contributed by atoms with Crippen LogP contribution < -0.4 is 0 Å². The van der Waals surface area contributed by atoms with Crippen LogP contribution in [0.1, 0.15) is 44.7 Å². The molecule has 0 heterocycles. The van der Waals surface area contributed by atoms with E-state index < -0.39 is 0 Å². The van der Waals surface area contributed by atoms with Crippen LogP contribution in [0.25, 0.3) is 11.1 Å². The lowest BCUT2D eigenvalue weighted by Crippen LogP contribution is -2.42. The molecule has 0 radical (unpaired) electrons. The van der Waals surface area contributed by atoms with Gasteiger partial charge in [-0.05, 0) is 49.9 Å². The third-order valence-corrected chi connectivity index (χ3v) is 4.66. The van der Waals surface area contributed by atoms with E-state index in [4.69, 9.17) is 4.74 Å². The van der Waals surface area contributed by atoms with Crippen molar-refractivity contribution in [1.29, 1.82) is 0 Å². The fraction of sp³-hybridized carbons (Fsp3) is 0.381. The van der Waals surface area contributed by atoms with Crippen molar-refractivity contribution < 1.29 is 9.53 Å². The minimum absolute atomic E-state index is 0.113. The van der Waals surface area contributed by atoms with E-state index in [1.807, 2.05) is 39.8 Å². The summed E-state index contributed by atoms with van der Waals surface area (Å²) in [6.07, 6.45) is -0.234. The number of amides is 1. The van der Waals surface area contributed by atoms with Crippen LogP contribution in [0.3, 0.4) is 0 Å². The van der Waals surface area contributed by atoms with Crippen LogP contribution in [0.4, 0.5) is 4.79 Å². The molecule has 0 unspecified atom stereocenters. The van der Waals surface area contributed by atoms with Gasteiger partial charge in [0.25, 0.3) is 0 Å². The monoisotopic (exact) mass is 323 g/mol. The molecule has 3 heteroatoms. The fourth-order valence-corrected chi connectivity index (χ4v) is 3.69. The summed E-state index contributed by atoms with van der Waals surface area (Å²) in [6, 6.07) is 17.0.